The lowest BCUT2D eigenvalue weighted by molar-refractivity contribution is -0.130. The predicted octanol–water partition coefficient (Wildman–Crippen LogP) is 2.67. The molecule has 0 aromatic rings. The molecular formula is C13H18O2. The molecule has 0 aromatic heterocycles. The van der Waals surface area contributed by atoms with Gasteiger partial charge in [-0.25, -0.2) is 0 Å². The fourth-order valence-electron chi connectivity index (χ4n) is 2.86. The highest BCUT2D eigenvalue weighted by Crippen LogP contribution is 2.37. The van der Waals surface area contributed by atoms with Gasteiger partial charge in [-0.2, -0.15) is 0 Å². The summed E-state index contributed by atoms with van der Waals surface area (Å²) in [6.07, 6.45) is 5.21. The highest BCUT2D eigenvalue weighted by Gasteiger charge is 2.39. The summed E-state index contributed by atoms with van der Waals surface area (Å²) < 4.78 is 0. The number of carbonyl (C=O) groups is 2. The van der Waals surface area contributed by atoms with Gasteiger partial charge in [-0.3, -0.25) is 9.59 Å². The number of carbonyl (C=O) groups excluding carboxylic acids is 2. The van der Waals surface area contributed by atoms with E-state index in [-0.39, 0.29) is 23.4 Å². The van der Waals surface area contributed by atoms with Crippen LogP contribution in [0, 0.1) is 11.8 Å². The minimum atomic E-state index is 0.00343. The highest BCUT2D eigenvalue weighted by molar-refractivity contribution is 6.13. The van der Waals surface area contributed by atoms with Crippen LogP contribution in [0.5, 0.6) is 0 Å². The average molecular weight is 206 g/mol. The molecule has 2 heteroatoms. The van der Waals surface area contributed by atoms with E-state index < -0.39 is 0 Å². The number of Topliss-reactive ketones (excluding diaryl/α,β-unsaturated/α-hetero) is 2. The quantitative estimate of drug-likeness (QED) is 0.610. The van der Waals surface area contributed by atoms with Crippen molar-refractivity contribution in [1.29, 1.82) is 0 Å². The van der Waals surface area contributed by atoms with Gasteiger partial charge in [-0.05, 0) is 37.8 Å². The van der Waals surface area contributed by atoms with Crippen LogP contribution < -0.4 is 0 Å². The number of fused-ring (bicyclic) bond motifs is 1. The van der Waals surface area contributed by atoms with Crippen LogP contribution in [-0.2, 0) is 9.59 Å². The first-order chi connectivity index (χ1) is 7.13. The first-order valence-corrected chi connectivity index (χ1v) is 5.89. The Morgan fingerprint density at radius 3 is 1.60 bits per heavy atom. The van der Waals surface area contributed by atoms with Gasteiger partial charge >= 0.3 is 0 Å². The highest BCUT2D eigenvalue weighted by atomic mass is 16.1. The van der Waals surface area contributed by atoms with E-state index in [4.69, 9.17) is 0 Å². The molecule has 1 fully saturated rings. The molecular weight excluding hydrogens is 188 g/mol. The van der Waals surface area contributed by atoms with Crippen molar-refractivity contribution in [2.24, 2.45) is 11.8 Å². The molecule has 2 nitrogen and oxygen atoms in total. The first kappa shape index (κ1) is 10.6. The predicted molar refractivity (Wildman–Crippen MR) is 58.5 cm³/mol. The van der Waals surface area contributed by atoms with Crippen molar-refractivity contribution < 1.29 is 9.59 Å². The summed E-state index contributed by atoms with van der Waals surface area (Å²) in [6, 6.07) is 0. The largest absolute Gasteiger partial charge is 0.294 e. The van der Waals surface area contributed by atoms with Gasteiger partial charge in [-0.15, -0.1) is 0 Å². The molecule has 0 heterocycles. The third kappa shape index (κ3) is 1.66. The Labute approximate surface area is 90.7 Å². The lowest BCUT2D eigenvalue weighted by Gasteiger charge is -2.28. The maximum Gasteiger partial charge on any atom is 0.162 e. The van der Waals surface area contributed by atoms with Crippen LogP contribution in [0.4, 0.5) is 0 Å². The molecule has 2 atom stereocenters. The van der Waals surface area contributed by atoms with E-state index in [2.05, 4.69) is 0 Å². The van der Waals surface area contributed by atoms with E-state index in [9.17, 15) is 9.59 Å². The molecule has 1 saturated carbocycles. The maximum atomic E-state index is 12.1. The first-order valence-electron chi connectivity index (χ1n) is 5.89. The molecule has 0 saturated heterocycles. The second-order valence-electron chi connectivity index (χ2n) is 4.83. The van der Waals surface area contributed by atoms with Crippen molar-refractivity contribution >= 4 is 11.6 Å². The van der Waals surface area contributed by atoms with Gasteiger partial charge < -0.3 is 0 Å². The maximum absolute atomic E-state index is 12.1. The number of hydrogen-bond donors (Lipinski definition) is 0. The van der Waals surface area contributed by atoms with Gasteiger partial charge in [0.25, 0.3) is 0 Å². The summed E-state index contributed by atoms with van der Waals surface area (Å²) in [7, 11) is 0. The normalized spacial score (nSPS) is 32.7. The molecule has 0 amide bonds. The monoisotopic (exact) mass is 206 g/mol. The molecule has 0 N–H and O–H groups in total. The number of rotatable bonds is 0. The van der Waals surface area contributed by atoms with Crippen LogP contribution in [0.25, 0.3) is 0 Å². The van der Waals surface area contributed by atoms with Crippen molar-refractivity contribution in [2.45, 2.75) is 46.0 Å². The molecule has 15 heavy (non-hydrogen) atoms. The molecule has 0 bridgehead atoms. The van der Waals surface area contributed by atoms with Crippen LogP contribution >= 0.6 is 0 Å². The van der Waals surface area contributed by atoms with E-state index >= 15 is 0 Å². The number of hydrogen-bond acceptors (Lipinski definition) is 2. The Bertz CT molecular complexity index is 306. The van der Waals surface area contributed by atoms with Gasteiger partial charge in [-0.1, -0.05) is 19.3 Å². The summed E-state index contributed by atoms with van der Waals surface area (Å²) >= 11 is 0. The fraction of sp³-hybridized carbons (Fsp3) is 0.692. The van der Waals surface area contributed by atoms with Gasteiger partial charge in [0, 0.05) is 11.8 Å². The number of ketones is 2. The average Bonchev–Trinajstić information content (AvgIpc) is 2.48. The Kier molecular flexibility index (Phi) is 2.76. The van der Waals surface area contributed by atoms with E-state index in [0.29, 0.717) is 11.1 Å². The Morgan fingerprint density at radius 1 is 0.800 bits per heavy atom. The second kappa shape index (κ2) is 3.92. The van der Waals surface area contributed by atoms with Crippen LogP contribution in [0.1, 0.15) is 46.0 Å². The molecule has 0 spiro atoms. The molecule has 2 aliphatic carbocycles. The van der Waals surface area contributed by atoms with Crippen LogP contribution in [-0.4, -0.2) is 11.6 Å². The molecule has 2 unspecified atom stereocenters. The van der Waals surface area contributed by atoms with Crippen LogP contribution in [0.15, 0.2) is 11.1 Å². The molecule has 0 aromatic carbocycles. The smallest absolute Gasteiger partial charge is 0.162 e. The molecule has 0 radical (unpaired) electrons. The van der Waals surface area contributed by atoms with Crippen molar-refractivity contribution in [1.82, 2.24) is 0 Å². The summed E-state index contributed by atoms with van der Waals surface area (Å²) in [5.74, 6) is 0.477. The van der Waals surface area contributed by atoms with Crippen LogP contribution in [0.3, 0.4) is 0 Å². The Hall–Kier alpha value is -0.920. The Balaban J connectivity index is 2.37. The molecule has 82 valence electrons. The second-order valence-corrected chi connectivity index (χ2v) is 4.83. The summed E-state index contributed by atoms with van der Waals surface area (Å²) in [5, 5.41) is 0. The summed E-state index contributed by atoms with van der Waals surface area (Å²) in [6.45, 7) is 3.60. The van der Waals surface area contributed by atoms with Gasteiger partial charge in [0.15, 0.2) is 11.6 Å². The Morgan fingerprint density at radius 2 is 1.20 bits per heavy atom. The van der Waals surface area contributed by atoms with Crippen molar-refractivity contribution in [3.8, 4) is 0 Å². The lowest BCUT2D eigenvalue weighted by Crippen LogP contribution is -2.35. The SMILES string of the molecule is CC1=C(C)C(=O)C2CCCCCC2C1=O. The zero-order valence-electron chi connectivity index (χ0n) is 9.51. The van der Waals surface area contributed by atoms with E-state index in [0.717, 1.165) is 25.7 Å². The third-order valence-corrected chi connectivity index (χ3v) is 3.99. The van der Waals surface area contributed by atoms with Gasteiger partial charge in [0.05, 0.1) is 0 Å². The standard InChI is InChI=1S/C13H18O2/c1-8-9(2)13(15)11-7-5-3-4-6-10(11)12(8)14/h10-11H,3-7H2,1-2H3. The summed E-state index contributed by atoms with van der Waals surface area (Å²) in [5.41, 5.74) is 1.42. The van der Waals surface area contributed by atoms with Crippen molar-refractivity contribution in [3.05, 3.63) is 11.1 Å². The molecule has 2 rings (SSSR count). The van der Waals surface area contributed by atoms with Crippen molar-refractivity contribution in [3.63, 3.8) is 0 Å². The zero-order chi connectivity index (χ0) is 11.0. The zero-order valence-corrected chi connectivity index (χ0v) is 9.51. The lowest BCUT2D eigenvalue weighted by atomic mass is 9.72. The molecule has 2 aliphatic rings. The fourth-order valence-corrected chi connectivity index (χ4v) is 2.86. The van der Waals surface area contributed by atoms with E-state index in [1.807, 2.05) is 0 Å². The van der Waals surface area contributed by atoms with E-state index in [1.54, 1.807) is 13.8 Å². The van der Waals surface area contributed by atoms with Crippen molar-refractivity contribution in [2.75, 3.05) is 0 Å². The number of allylic oxidation sites excluding steroid dienone is 2. The van der Waals surface area contributed by atoms with E-state index in [1.165, 1.54) is 6.42 Å². The minimum Gasteiger partial charge on any atom is -0.294 e. The van der Waals surface area contributed by atoms with Gasteiger partial charge in [0.2, 0.25) is 0 Å². The molecule has 0 aliphatic heterocycles. The minimum absolute atomic E-state index is 0.00343. The third-order valence-electron chi connectivity index (χ3n) is 3.99. The van der Waals surface area contributed by atoms with Gasteiger partial charge in [0.1, 0.15) is 0 Å². The van der Waals surface area contributed by atoms with Crippen LogP contribution in [0.2, 0.25) is 0 Å². The summed E-state index contributed by atoms with van der Waals surface area (Å²) in [4.78, 5) is 24.1. The topological polar surface area (TPSA) is 34.1 Å².